The lowest BCUT2D eigenvalue weighted by Crippen LogP contribution is -2.40. The summed E-state index contributed by atoms with van der Waals surface area (Å²) in [5.41, 5.74) is 15.0. The van der Waals surface area contributed by atoms with Crippen molar-refractivity contribution in [3.8, 4) is 22.6 Å². The SMILES string of the molecule is NC(N)=NCCCC(NC(=O)c1ccc2c(c1)nc(-c1cc3ncc(-c4ccccc4)nc3cc1F)n2C1CCCCC1)C(=O)O. The number of hydrogen-bond acceptors (Lipinski definition) is 6. The number of carbonyl (C=O) groups excluding carboxylic acids is 1. The summed E-state index contributed by atoms with van der Waals surface area (Å²) in [6.45, 7) is 0.250. The molecule has 1 saturated carbocycles. The molecular weight excluding hydrogens is 587 g/mol. The molecule has 11 nitrogen and oxygen atoms in total. The van der Waals surface area contributed by atoms with Crippen LogP contribution in [0.25, 0.3) is 44.7 Å². The zero-order chi connectivity index (χ0) is 32.2. The molecule has 1 unspecified atom stereocenters. The lowest BCUT2D eigenvalue weighted by atomic mass is 9.94. The summed E-state index contributed by atoms with van der Waals surface area (Å²) < 4.78 is 18.0. The molecule has 1 atom stereocenters. The van der Waals surface area contributed by atoms with Crippen LogP contribution >= 0.6 is 0 Å². The predicted molar refractivity (Wildman–Crippen MR) is 175 cm³/mol. The van der Waals surface area contributed by atoms with Gasteiger partial charge in [0.1, 0.15) is 17.7 Å². The fourth-order valence-corrected chi connectivity index (χ4v) is 6.09. The predicted octanol–water partition coefficient (Wildman–Crippen LogP) is 5.19. The third-order valence-corrected chi connectivity index (χ3v) is 8.38. The number of aliphatic imine (C=N–C) groups is 1. The number of nitrogens with zero attached hydrogens (tertiary/aromatic N) is 5. The van der Waals surface area contributed by atoms with Crippen molar-refractivity contribution in [2.24, 2.45) is 16.5 Å². The monoisotopic (exact) mass is 622 g/mol. The van der Waals surface area contributed by atoms with Crippen molar-refractivity contribution in [1.29, 1.82) is 0 Å². The van der Waals surface area contributed by atoms with E-state index in [0.717, 1.165) is 43.2 Å². The molecule has 1 aliphatic rings. The number of aliphatic carboxylic acids is 1. The number of guanidine groups is 1. The first kappa shape index (κ1) is 30.6. The van der Waals surface area contributed by atoms with Gasteiger partial charge in [-0.05, 0) is 49.9 Å². The van der Waals surface area contributed by atoms with Crippen LogP contribution in [-0.2, 0) is 4.79 Å². The lowest BCUT2D eigenvalue weighted by molar-refractivity contribution is -0.139. The van der Waals surface area contributed by atoms with Crippen LogP contribution in [0.5, 0.6) is 0 Å². The van der Waals surface area contributed by atoms with Gasteiger partial charge in [-0.3, -0.25) is 14.8 Å². The molecule has 0 aliphatic heterocycles. The van der Waals surface area contributed by atoms with E-state index in [-0.39, 0.29) is 30.5 Å². The van der Waals surface area contributed by atoms with Gasteiger partial charge in [0, 0.05) is 29.8 Å². The van der Waals surface area contributed by atoms with E-state index in [0.29, 0.717) is 40.1 Å². The molecule has 1 aliphatic carbocycles. The van der Waals surface area contributed by atoms with Crippen LogP contribution in [-0.4, -0.2) is 55.0 Å². The van der Waals surface area contributed by atoms with E-state index < -0.39 is 23.7 Å². The molecular formula is C34H35FN8O3. The molecule has 3 aromatic carbocycles. The van der Waals surface area contributed by atoms with E-state index in [9.17, 15) is 14.7 Å². The minimum absolute atomic E-state index is 0.0788. The number of benzene rings is 3. The normalized spacial score (nSPS) is 14.3. The summed E-state index contributed by atoms with van der Waals surface area (Å²) in [6.07, 6.45) is 7.31. The zero-order valence-electron chi connectivity index (χ0n) is 25.2. The highest BCUT2D eigenvalue weighted by molar-refractivity contribution is 5.99. The van der Waals surface area contributed by atoms with E-state index in [4.69, 9.17) is 16.5 Å². The van der Waals surface area contributed by atoms with Crippen molar-refractivity contribution < 1.29 is 19.1 Å². The van der Waals surface area contributed by atoms with Crippen molar-refractivity contribution >= 4 is 39.9 Å². The van der Waals surface area contributed by atoms with Gasteiger partial charge in [-0.15, -0.1) is 0 Å². The van der Waals surface area contributed by atoms with Crippen molar-refractivity contribution in [2.75, 3.05) is 6.54 Å². The molecule has 236 valence electrons. The summed E-state index contributed by atoms with van der Waals surface area (Å²) >= 11 is 0. The number of nitrogens with one attached hydrogen (secondary N) is 1. The molecule has 12 heteroatoms. The first-order valence-electron chi connectivity index (χ1n) is 15.4. The zero-order valence-corrected chi connectivity index (χ0v) is 25.2. The van der Waals surface area contributed by atoms with Gasteiger partial charge < -0.3 is 26.5 Å². The first-order chi connectivity index (χ1) is 22.3. The molecule has 0 radical (unpaired) electrons. The third kappa shape index (κ3) is 6.51. The number of nitrogens with two attached hydrogens (primary N) is 2. The standard InChI is InChI=1S/C34H35FN8O3/c35-24-18-27-26(39-19-29(40-27)20-8-3-1-4-9-20)17-23(24)31-41-28-16-21(13-14-30(28)43(31)22-10-5-2-6-11-22)32(44)42-25(33(45)46)12-7-15-38-34(36)37/h1,3-4,8-9,13-14,16-19,22,25H,2,5-7,10-12,15H2,(H,42,44)(H,45,46)(H4,36,37,38). The maximum Gasteiger partial charge on any atom is 0.326 e. The molecule has 6 N–H and O–H groups in total. The number of halogens is 1. The first-order valence-corrected chi connectivity index (χ1v) is 15.4. The maximum absolute atomic E-state index is 16.0. The van der Waals surface area contributed by atoms with E-state index in [2.05, 4.69) is 24.8 Å². The van der Waals surface area contributed by atoms with E-state index in [1.807, 2.05) is 30.3 Å². The largest absolute Gasteiger partial charge is 0.480 e. The number of carbonyl (C=O) groups is 2. The van der Waals surface area contributed by atoms with Crippen LogP contribution in [0, 0.1) is 5.82 Å². The quantitative estimate of drug-likeness (QED) is 0.0934. The van der Waals surface area contributed by atoms with Crippen LogP contribution in [0.4, 0.5) is 4.39 Å². The van der Waals surface area contributed by atoms with Crippen LogP contribution in [0.2, 0.25) is 0 Å². The number of carboxylic acid groups (broad SMARTS) is 1. The van der Waals surface area contributed by atoms with Gasteiger partial charge in [-0.2, -0.15) is 0 Å². The smallest absolute Gasteiger partial charge is 0.326 e. The average molecular weight is 623 g/mol. The number of imidazole rings is 1. The minimum atomic E-state index is -1.16. The molecule has 5 aromatic rings. The molecule has 1 amide bonds. The molecule has 0 spiro atoms. The summed E-state index contributed by atoms with van der Waals surface area (Å²) in [7, 11) is 0. The maximum atomic E-state index is 16.0. The second-order valence-corrected chi connectivity index (χ2v) is 11.6. The lowest BCUT2D eigenvalue weighted by Gasteiger charge is -2.26. The molecule has 1 fully saturated rings. The van der Waals surface area contributed by atoms with Crippen LogP contribution in [0.1, 0.15) is 61.3 Å². The topological polar surface area (TPSA) is 174 Å². The number of carboxylic acids is 1. The van der Waals surface area contributed by atoms with Crippen LogP contribution in [0.15, 0.2) is 71.9 Å². The Balaban J connectivity index is 1.35. The van der Waals surface area contributed by atoms with Gasteiger partial charge in [0.2, 0.25) is 0 Å². The van der Waals surface area contributed by atoms with Crippen LogP contribution < -0.4 is 16.8 Å². The Morgan fingerprint density at radius 2 is 1.78 bits per heavy atom. The van der Waals surface area contributed by atoms with Gasteiger partial charge in [-0.1, -0.05) is 49.6 Å². The Bertz CT molecular complexity index is 1930. The number of amides is 1. The van der Waals surface area contributed by atoms with Crippen LogP contribution in [0.3, 0.4) is 0 Å². The number of aromatic nitrogens is 4. The van der Waals surface area contributed by atoms with Gasteiger partial charge in [-0.25, -0.2) is 19.2 Å². The summed E-state index contributed by atoms with van der Waals surface area (Å²) in [5.74, 6) is -1.80. The summed E-state index contributed by atoms with van der Waals surface area (Å²) in [4.78, 5) is 43.0. The highest BCUT2D eigenvalue weighted by Gasteiger charge is 2.26. The van der Waals surface area contributed by atoms with E-state index >= 15 is 4.39 Å². The molecule has 0 bridgehead atoms. The molecule has 0 saturated heterocycles. The second-order valence-electron chi connectivity index (χ2n) is 11.6. The third-order valence-electron chi connectivity index (χ3n) is 8.38. The fourth-order valence-electron chi connectivity index (χ4n) is 6.09. The fraction of sp³-hybridized carbons (Fsp3) is 0.294. The number of hydrogen-bond donors (Lipinski definition) is 4. The Kier molecular flexibility index (Phi) is 8.86. The van der Waals surface area contributed by atoms with Crippen molar-refractivity contribution in [3.63, 3.8) is 0 Å². The Hall–Kier alpha value is -5.39. The minimum Gasteiger partial charge on any atom is -0.480 e. The summed E-state index contributed by atoms with van der Waals surface area (Å²) in [5, 5.41) is 12.3. The van der Waals surface area contributed by atoms with Crippen molar-refractivity contribution in [2.45, 2.75) is 57.0 Å². The molecule has 2 aromatic heterocycles. The van der Waals surface area contributed by atoms with Gasteiger partial charge >= 0.3 is 5.97 Å². The van der Waals surface area contributed by atoms with Gasteiger partial charge in [0.15, 0.2) is 5.96 Å². The molecule has 2 heterocycles. The van der Waals surface area contributed by atoms with E-state index in [1.165, 1.54) is 6.07 Å². The van der Waals surface area contributed by atoms with Gasteiger partial charge in [0.25, 0.3) is 5.91 Å². The van der Waals surface area contributed by atoms with Crippen molar-refractivity contribution in [1.82, 2.24) is 24.8 Å². The average Bonchev–Trinajstić information content (AvgIpc) is 3.44. The van der Waals surface area contributed by atoms with Crippen molar-refractivity contribution in [3.05, 3.63) is 78.2 Å². The summed E-state index contributed by atoms with van der Waals surface area (Å²) in [6, 6.07) is 16.7. The molecule has 46 heavy (non-hydrogen) atoms. The van der Waals surface area contributed by atoms with E-state index in [1.54, 1.807) is 30.5 Å². The highest BCUT2D eigenvalue weighted by atomic mass is 19.1. The number of rotatable bonds is 10. The molecule has 6 rings (SSSR count). The highest BCUT2D eigenvalue weighted by Crippen LogP contribution is 2.37. The second kappa shape index (κ2) is 13.3. The number of fused-ring (bicyclic) bond motifs is 2. The Morgan fingerprint density at radius 3 is 2.52 bits per heavy atom. The Labute approximate surface area is 264 Å². The van der Waals surface area contributed by atoms with Gasteiger partial charge in [0.05, 0.1) is 39.5 Å². The Morgan fingerprint density at radius 1 is 1.00 bits per heavy atom.